The van der Waals surface area contributed by atoms with Gasteiger partial charge in [-0.3, -0.25) is 9.59 Å². The molecule has 0 heterocycles. The summed E-state index contributed by atoms with van der Waals surface area (Å²) in [5.74, 6) is -0.0770. The number of nitrogens with one attached hydrogen (secondary N) is 1. The van der Waals surface area contributed by atoms with Crippen LogP contribution in [0.25, 0.3) is 0 Å². The molecule has 0 fully saturated rings. The van der Waals surface area contributed by atoms with Crippen LogP contribution in [0.15, 0.2) is 42.5 Å². The maximum absolute atomic E-state index is 12.3. The lowest BCUT2D eigenvalue weighted by Crippen LogP contribution is -2.35. The van der Waals surface area contributed by atoms with Crippen LogP contribution in [0.2, 0.25) is 0 Å². The van der Waals surface area contributed by atoms with Crippen LogP contribution in [0, 0.1) is 6.92 Å². The fourth-order valence-corrected chi connectivity index (χ4v) is 3.31. The highest BCUT2D eigenvalue weighted by Crippen LogP contribution is 2.27. The first-order valence-electron chi connectivity index (χ1n) is 9.67. The number of nitrogens with zero attached hydrogens (tertiary/aromatic N) is 1. The number of amides is 2. The van der Waals surface area contributed by atoms with Gasteiger partial charge in [0.05, 0.1) is 0 Å². The molecule has 144 valence electrons. The highest BCUT2D eigenvalue weighted by atomic mass is 16.2. The summed E-state index contributed by atoms with van der Waals surface area (Å²) in [6, 6.07) is 14.2. The quantitative estimate of drug-likeness (QED) is 0.762. The molecular weight excluding hydrogens is 336 g/mol. The van der Waals surface area contributed by atoms with Gasteiger partial charge in [0.2, 0.25) is 11.8 Å². The van der Waals surface area contributed by atoms with E-state index in [1.54, 1.807) is 11.8 Å². The van der Waals surface area contributed by atoms with Gasteiger partial charge in [-0.2, -0.15) is 0 Å². The predicted octanol–water partition coefficient (Wildman–Crippen LogP) is 4.18. The van der Waals surface area contributed by atoms with E-state index in [1.807, 2.05) is 31.2 Å². The molecule has 0 saturated heterocycles. The van der Waals surface area contributed by atoms with Gasteiger partial charge in [0.15, 0.2) is 0 Å². The molecule has 0 saturated carbocycles. The standard InChI is InChI=1S/C23H30N2O2/c1-5-20-11-8-12-21(6-2)23(20)25(18(4)26)14-13-22(27)24-16-19-10-7-9-17(3)15-19/h7-12,15H,5-6,13-14,16H2,1-4H3,(H,24,27). The zero-order chi connectivity index (χ0) is 19.8. The highest BCUT2D eigenvalue weighted by molar-refractivity contribution is 5.94. The number of rotatable bonds is 8. The Morgan fingerprint density at radius 1 is 1.00 bits per heavy atom. The van der Waals surface area contributed by atoms with E-state index >= 15 is 0 Å². The van der Waals surface area contributed by atoms with E-state index in [4.69, 9.17) is 0 Å². The van der Waals surface area contributed by atoms with Crippen molar-refractivity contribution in [2.75, 3.05) is 11.4 Å². The molecule has 0 aromatic heterocycles. The summed E-state index contributed by atoms with van der Waals surface area (Å²) >= 11 is 0. The molecular formula is C23H30N2O2. The molecule has 4 heteroatoms. The van der Waals surface area contributed by atoms with Gasteiger partial charge in [-0.1, -0.05) is 61.9 Å². The molecule has 0 radical (unpaired) electrons. The monoisotopic (exact) mass is 366 g/mol. The van der Waals surface area contributed by atoms with E-state index in [-0.39, 0.29) is 18.2 Å². The summed E-state index contributed by atoms with van der Waals surface area (Å²) in [4.78, 5) is 26.4. The van der Waals surface area contributed by atoms with Crippen molar-refractivity contribution in [2.45, 2.75) is 53.5 Å². The molecule has 2 amide bonds. The Kier molecular flexibility index (Phi) is 7.59. The normalized spacial score (nSPS) is 10.5. The topological polar surface area (TPSA) is 49.4 Å². The Labute approximate surface area is 162 Å². The fourth-order valence-electron chi connectivity index (χ4n) is 3.31. The van der Waals surface area contributed by atoms with Gasteiger partial charge in [-0.05, 0) is 36.5 Å². The zero-order valence-corrected chi connectivity index (χ0v) is 16.8. The van der Waals surface area contributed by atoms with E-state index < -0.39 is 0 Å². The second-order valence-electron chi connectivity index (χ2n) is 6.82. The molecule has 0 unspecified atom stereocenters. The van der Waals surface area contributed by atoms with E-state index in [1.165, 1.54) is 5.56 Å². The Bertz CT molecular complexity index is 776. The first-order valence-corrected chi connectivity index (χ1v) is 9.67. The average molecular weight is 367 g/mol. The maximum Gasteiger partial charge on any atom is 0.223 e. The summed E-state index contributed by atoms with van der Waals surface area (Å²) in [6.07, 6.45) is 1.99. The van der Waals surface area contributed by atoms with E-state index in [9.17, 15) is 9.59 Å². The Morgan fingerprint density at radius 2 is 1.63 bits per heavy atom. The van der Waals surface area contributed by atoms with Crippen molar-refractivity contribution >= 4 is 17.5 Å². The number of hydrogen-bond donors (Lipinski definition) is 1. The number of benzene rings is 2. The molecule has 0 bridgehead atoms. The van der Waals surface area contributed by atoms with Crippen LogP contribution in [-0.2, 0) is 29.0 Å². The minimum absolute atomic E-state index is 0.0305. The van der Waals surface area contributed by atoms with Crippen LogP contribution in [0.4, 0.5) is 5.69 Å². The lowest BCUT2D eigenvalue weighted by molar-refractivity contribution is -0.121. The van der Waals surface area contributed by atoms with Crippen LogP contribution in [0.1, 0.15) is 49.4 Å². The molecule has 0 aliphatic heterocycles. The van der Waals surface area contributed by atoms with Crippen molar-refractivity contribution in [2.24, 2.45) is 0 Å². The lowest BCUT2D eigenvalue weighted by atomic mass is 10.0. The first-order chi connectivity index (χ1) is 13.0. The Morgan fingerprint density at radius 3 is 2.19 bits per heavy atom. The van der Waals surface area contributed by atoms with Crippen molar-refractivity contribution in [1.29, 1.82) is 0 Å². The number of anilines is 1. The van der Waals surface area contributed by atoms with Crippen LogP contribution in [0.5, 0.6) is 0 Å². The van der Waals surface area contributed by atoms with Crippen LogP contribution in [0.3, 0.4) is 0 Å². The summed E-state index contributed by atoms with van der Waals surface area (Å²) in [5.41, 5.74) is 5.51. The predicted molar refractivity (Wildman–Crippen MR) is 111 cm³/mol. The smallest absolute Gasteiger partial charge is 0.223 e. The molecule has 27 heavy (non-hydrogen) atoms. The molecule has 0 atom stereocenters. The van der Waals surface area contributed by atoms with Gasteiger partial charge in [0, 0.05) is 32.1 Å². The second kappa shape index (κ2) is 9.91. The van der Waals surface area contributed by atoms with Crippen LogP contribution in [-0.4, -0.2) is 18.4 Å². The molecule has 0 aliphatic carbocycles. The van der Waals surface area contributed by atoms with Gasteiger partial charge in [-0.25, -0.2) is 0 Å². The molecule has 2 rings (SSSR count). The summed E-state index contributed by atoms with van der Waals surface area (Å²) in [6.45, 7) is 8.67. The summed E-state index contributed by atoms with van der Waals surface area (Å²) in [7, 11) is 0. The SMILES string of the molecule is CCc1cccc(CC)c1N(CCC(=O)NCc1cccc(C)c1)C(C)=O. The van der Waals surface area contributed by atoms with E-state index in [0.29, 0.717) is 13.1 Å². The van der Waals surface area contributed by atoms with Crippen molar-refractivity contribution in [3.8, 4) is 0 Å². The Hall–Kier alpha value is -2.62. The van der Waals surface area contributed by atoms with Crippen molar-refractivity contribution in [3.05, 3.63) is 64.7 Å². The van der Waals surface area contributed by atoms with Crippen LogP contribution >= 0.6 is 0 Å². The summed E-state index contributed by atoms with van der Waals surface area (Å²) in [5, 5.41) is 2.95. The number of hydrogen-bond acceptors (Lipinski definition) is 2. The molecule has 0 spiro atoms. The van der Waals surface area contributed by atoms with Gasteiger partial charge in [-0.15, -0.1) is 0 Å². The number of carbonyl (C=O) groups excluding carboxylic acids is 2. The molecule has 2 aromatic rings. The number of para-hydroxylation sites is 1. The van der Waals surface area contributed by atoms with Gasteiger partial charge in [0.25, 0.3) is 0 Å². The number of aryl methyl sites for hydroxylation is 3. The van der Waals surface area contributed by atoms with Gasteiger partial charge < -0.3 is 10.2 Å². The first kappa shape index (κ1) is 20.7. The minimum atomic E-state index is -0.0465. The third-order valence-electron chi connectivity index (χ3n) is 4.75. The number of carbonyl (C=O) groups is 2. The zero-order valence-electron chi connectivity index (χ0n) is 16.8. The minimum Gasteiger partial charge on any atom is -0.352 e. The van der Waals surface area contributed by atoms with Crippen LogP contribution < -0.4 is 10.2 Å². The third kappa shape index (κ3) is 5.68. The largest absolute Gasteiger partial charge is 0.352 e. The van der Waals surface area contributed by atoms with E-state index in [2.05, 4.69) is 37.4 Å². The van der Waals surface area contributed by atoms with Gasteiger partial charge >= 0.3 is 0 Å². The summed E-state index contributed by atoms with van der Waals surface area (Å²) < 4.78 is 0. The second-order valence-corrected chi connectivity index (χ2v) is 6.82. The van der Waals surface area contributed by atoms with Crippen molar-refractivity contribution in [1.82, 2.24) is 5.32 Å². The van der Waals surface area contributed by atoms with Crippen molar-refractivity contribution in [3.63, 3.8) is 0 Å². The average Bonchev–Trinajstić information content (AvgIpc) is 2.66. The fraction of sp³-hybridized carbons (Fsp3) is 0.391. The lowest BCUT2D eigenvalue weighted by Gasteiger charge is -2.26. The molecule has 4 nitrogen and oxygen atoms in total. The van der Waals surface area contributed by atoms with Gasteiger partial charge in [0.1, 0.15) is 0 Å². The third-order valence-corrected chi connectivity index (χ3v) is 4.75. The molecule has 0 aliphatic rings. The highest BCUT2D eigenvalue weighted by Gasteiger charge is 2.19. The molecule has 1 N–H and O–H groups in total. The Balaban J connectivity index is 2.05. The van der Waals surface area contributed by atoms with Crippen molar-refractivity contribution < 1.29 is 9.59 Å². The van der Waals surface area contributed by atoms with E-state index in [0.717, 1.165) is 35.2 Å². The molecule has 2 aromatic carbocycles. The maximum atomic E-state index is 12.3.